The second-order valence-electron chi connectivity index (χ2n) is 8.22. The predicted octanol–water partition coefficient (Wildman–Crippen LogP) is 2.52. The summed E-state index contributed by atoms with van der Waals surface area (Å²) in [5.41, 5.74) is 4.86. The van der Waals surface area contributed by atoms with Gasteiger partial charge in [-0.15, -0.1) is 0 Å². The molecule has 1 aliphatic carbocycles. The minimum Gasteiger partial charge on any atom is -0.449 e. The first-order valence-corrected chi connectivity index (χ1v) is 10.8. The number of nitrogens with zero attached hydrogens (tertiary/aromatic N) is 2. The third kappa shape index (κ3) is 4.51. The molecule has 4 rings (SSSR count). The molecule has 6 nitrogen and oxygen atoms in total. The van der Waals surface area contributed by atoms with Crippen LogP contribution in [0.2, 0.25) is 0 Å². The molecule has 0 bridgehead atoms. The lowest BCUT2D eigenvalue weighted by atomic mass is 9.98. The maximum absolute atomic E-state index is 12.3. The van der Waals surface area contributed by atoms with Crippen molar-refractivity contribution in [3.63, 3.8) is 0 Å². The Labute approximate surface area is 178 Å². The molecule has 2 aromatic rings. The van der Waals surface area contributed by atoms with Gasteiger partial charge in [-0.2, -0.15) is 0 Å². The van der Waals surface area contributed by atoms with Crippen LogP contribution in [0.3, 0.4) is 0 Å². The molecule has 6 heteroatoms. The van der Waals surface area contributed by atoms with E-state index in [2.05, 4.69) is 46.4 Å². The van der Waals surface area contributed by atoms with Crippen LogP contribution in [0.25, 0.3) is 11.1 Å². The van der Waals surface area contributed by atoms with Crippen molar-refractivity contribution in [3.05, 3.63) is 59.7 Å². The molecule has 1 atom stereocenters. The molecule has 1 unspecified atom stereocenters. The Hall–Kier alpha value is -2.41. The fourth-order valence-corrected chi connectivity index (χ4v) is 4.57. The predicted molar refractivity (Wildman–Crippen MR) is 118 cm³/mol. The van der Waals surface area contributed by atoms with Gasteiger partial charge < -0.3 is 20.1 Å². The van der Waals surface area contributed by atoms with Crippen LogP contribution in [0.1, 0.15) is 23.5 Å². The second-order valence-corrected chi connectivity index (χ2v) is 8.22. The van der Waals surface area contributed by atoms with Crippen molar-refractivity contribution in [2.75, 3.05) is 53.0 Å². The van der Waals surface area contributed by atoms with Crippen LogP contribution in [0.4, 0.5) is 4.79 Å². The number of likely N-dealkylation sites (N-methyl/N-ethyl adjacent to an activating group) is 1. The molecule has 0 aromatic heterocycles. The van der Waals surface area contributed by atoms with E-state index in [4.69, 9.17) is 4.74 Å². The fraction of sp³-hybridized carbons (Fsp3) is 0.458. The van der Waals surface area contributed by atoms with E-state index >= 15 is 0 Å². The molecule has 1 fully saturated rings. The van der Waals surface area contributed by atoms with Gasteiger partial charge in [-0.3, -0.25) is 4.90 Å². The summed E-state index contributed by atoms with van der Waals surface area (Å²) in [6, 6.07) is 16.7. The Morgan fingerprint density at radius 2 is 1.67 bits per heavy atom. The topological polar surface area (TPSA) is 65.0 Å². The Kier molecular flexibility index (Phi) is 6.67. The summed E-state index contributed by atoms with van der Waals surface area (Å²) >= 11 is 0. The van der Waals surface area contributed by atoms with E-state index in [1.807, 2.05) is 24.3 Å². The molecule has 1 aliphatic heterocycles. The highest BCUT2D eigenvalue weighted by Crippen LogP contribution is 2.44. The van der Waals surface area contributed by atoms with Gasteiger partial charge in [-0.05, 0) is 35.7 Å². The summed E-state index contributed by atoms with van der Waals surface area (Å²) in [6.45, 7) is 4.85. The van der Waals surface area contributed by atoms with E-state index in [9.17, 15) is 9.90 Å². The maximum atomic E-state index is 12.3. The van der Waals surface area contributed by atoms with Gasteiger partial charge in [-0.1, -0.05) is 48.5 Å². The van der Waals surface area contributed by atoms with Gasteiger partial charge in [0.1, 0.15) is 6.61 Å². The lowest BCUT2D eigenvalue weighted by Crippen LogP contribution is -2.51. The minimum absolute atomic E-state index is 0.0682. The Morgan fingerprint density at radius 3 is 2.27 bits per heavy atom. The normalized spacial score (nSPS) is 17.9. The zero-order chi connectivity index (χ0) is 20.9. The Balaban J connectivity index is 1.27. The third-order valence-corrected chi connectivity index (χ3v) is 6.36. The number of hydrogen-bond donors (Lipinski definition) is 2. The zero-order valence-electron chi connectivity index (χ0n) is 17.6. The minimum atomic E-state index is -0.396. The number of carbonyl (C=O) groups excluding carboxylic acids is 1. The summed E-state index contributed by atoms with van der Waals surface area (Å²) in [5.74, 6) is 0.0682. The van der Waals surface area contributed by atoms with E-state index < -0.39 is 6.09 Å². The molecule has 1 saturated heterocycles. The lowest BCUT2D eigenvalue weighted by molar-refractivity contribution is 0.0700. The van der Waals surface area contributed by atoms with Crippen LogP contribution in [0.5, 0.6) is 0 Å². The van der Waals surface area contributed by atoms with Crippen LogP contribution in [0.15, 0.2) is 48.5 Å². The first-order chi connectivity index (χ1) is 14.7. The number of piperazine rings is 1. The average Bonchev–Trinajstić information content (AvgIpc) is 3.10. The molecular formula is C24H31N3O3. The van der Waals surface area contributed by atoms with Crippen LogP contribution >= 0.6 is 0 Å². The number of aliphatic hydroxyl groups is 1. The SMILES string of the molecule is CN1CCN(C(CO)CCNC(=O)OCC2c3ccccc3-c3ccccc32)CC1. The number of aliphatic hydroxyl groups excluding tert-OH is 1. The molecule has 1 amide bonds. The van der Waals surface area contributed by atoms with Crippen molar-refractivity contribution in [1.82, 2.24) is 15.1 Å². The molecule has 0 spiro atoms. The summed E-state index contributed by atoms with van der Waals surface area (Å²) in [7, 11) is 2.12. The molecule has 0 saturated carbocycles. The summed E-state index contributed by atoms with van der Waals surface area (Å²) in [4.78, 5) is 16.9. The number of alkyl carbamates (subject to hydrolysis) is 1. The first-order valence-electron chi connectivity index (χ1n) is 10.8. The fourth-order valence-electron chi connectivity index (χ4n) is 4.57. The van der Waals surface area contributed by atoms with Crippen molar-refractivity contribution < 1.29 is 14.6 Å². The third-order valence-electron chi connectivity index (χ3n) is 6.36. The van der Waals surface area contributed by atoms with Crippen molar-refractivity contribution in [3.8, 4) is 11.1 Å². The summed E-state index contributed by atoms with van der Waals surface area (Å²) in [6.07, 6.45) is 0.316. The van der Waals surface area contributed by atoms with Gasteiger partial charge in [0.2, 0.25) is 0 Å². The van der Waals surface area contributed by atoms with E-state index in [-0.39, 0.29) is 18.6 Å². The number of carbonyl (C=O) groups is 1. The van der Waals surface area contributed by atoms with E-state index in [1.54, 1.807) is 0 Å². The molecular weight excluding hydrogens is 378 g/mol. The Bertz CT molecular complexity index is 819. The van der Waals surface area contributed by atoms with Gasteiger partial charge in [0.15, 0.2) is 0 Å². The molecule has 2 aromatic carbocycles. The highest BCUT2D eigenvalue weighted by atomic mass is 16.5. The van der Waals surface area contributed by atoms with Gasteiger partial charge >= 0.3 is 6.09 Å². The molecule has 1 heterocycles. The van der Waals surface area contributed by atoms with Crippen LogP contribution in [-0.2, 0) is 4.74 Å². The van der Waals surface area contributed by atoms with Crippen molar-refractivity contribution in [2.45, 2.75) is 18.4 Å². The van der Waals surface area contributed by atoms with Crippen molar-refractivity contribution in [2.24, 2.45) is 0 Å². The molecule has 2 aliphatic rings. The monoisotopic (exact) mass is 409 g/mol. The largest absolute Gasteiger partial charge is 0.449 e. The first kappa shape index (κ1) is 20.8. The van der Waals surface area contributed by atoms with E-state index in [1.165, 1.54) is 22.3 Å². The number of rotatable bonds is 7. The number of fused-ring (bicyclic) bond motifs is 3. The van der Waals surface area contributed by atoms with E-state index in [0.29, 0.717) is 19.6 Å². The average molecular weight is 410 g/mol. The Morgan fingerprint density at radius 1 is 1.07 bits per heavy atom. The standard InChI is InChI=1S/C24H31N3O3/c1-26-12-14-27(15-13-26)18(16-28)10-11-25-24(29)30-17-23-21-8-4-2-6-19(21)20-7-3-5-9-22(20)23/h2-9,18,23,28H,10-17H2,1H3,(H,25,29). The van der Waals surface area contributed by atoms with Gasteiger partial charge in [0.25, 0.3) is 0 Å². The molecule has 0 radical (unpaired) electrons. The maximum Gasteiger partial charge on any atom is 0.407 e. The van der Waals surface area contributed by atoms with Gasteiger partial charge in [-0.25, -0.2) is 4.79 Å². The smallest absolute Gasteiger partial charge is 0.407 e. The van der Waals surface area contributed by atoms with Crippen LogP contribution in [0, 0.1) is 0 Å². The highest BCUT2D eigenvalue weighted by molar-refractivity contribution is 5.79. The number of amides is 1. The number of ether oxygens (including phenoxy) is 1. The second kappa shape index (κ2) is 9.60. The summed E-state index contributed by atoms with van der Waals surface area (Å²) in [5, 5.41) is 12.6. The van der Waals surface area contributed by atoms with Crippen LogP contribution in [-0.4, -0.2) is 80.0 Å². The lowest BCUT2D eigenvalue weighted by Gasteiger charge is -2.37. The van der Waals surface area contributed by atoms with Crippen molar-refractivity contribution >= 4 is 6.09 Å². The van der Waals surface area contributed by atoms with E-state index in [0.717, 1.165) is 26.2 Å². The number of hydrogen-bond acceptors (Lipinski definition) is 5. The quantitative estimate of drug-likeness (QED) is 0.736. The van der Waals surface area contributed by atoms with Crippen LogP contribution < -0.4 is 5.32 Å². The molecule has 160 valence electrons. The number of nitrogens with one attached hydrogen (secondary N) is 1. The molecule has 2 N–H and O–H groups in total. The van der Waals surface area contributed by atoms with Crippen molar-refractivity contribution in [1.29, 1.82) is 0 Å². The number of benzene rings is 2. The molecule has 30 heavy (non-hydrogen) atoms. The highest BCUT2D eigenvalue weighted by Gasteiger charge is 2.29. The zero-order valence-corrected chi connectivity index (χ0v) is 17.6. The summed E-state index contributed by atoms with van der Waals surface area (Å²) < 4.78 is 5.58. The van der Waals surface area contributed by atoms with Gasteiger partial charge in [0.05, 0.1) is 6.61 Å². The van der Waals surface area contributed by atoms with Gasteiger partial charge in [0, 0.05) is 44.7 Å².